The van der Waals surface area contributed by atoms with E-state index in [0.29, 0.717) is 12.3 Å². The minimum absolute atomic E-state index is 0.0653. The van der Waals surface area contributed by atoms with Crippen LogP contribution in [0.4, 0.5) is 0 Å². The summed E-state index contributed by atoms with van der Waals surface area (Å²) in [5, 5.41) is 8.48. The van der Waals surface area contributed by atoms with Gasteiger partial charge in [-0.05, 0) is 24.8 Å². The van der Waals surface area contributed by atoms with Crippen LogP contribution in [0.15, 0.2) is 17.7 Å². The number of nitrogens with zero attached hydrogens (tertiary/aromatic N) is 2. The average Bonchev–Trinajstić information content (AvgIpc) is 3.13. The molecule has 0 spiro atoms. The molecule has 0 aromatic carbocycles. The molecule has 3 rings (SSSR count). The minimum atomic E-state index is -3.08. The molecular weight excluding hydrogens is 314 g/mol. The largest absolute Gasteiger partial charge is 0.343 e. The molecule has 126 valence electrons. The summed E-state index contributed by atoms with van der Waals surface area (Å²) in [5.74, 6) is 0.409. The lowest BCUT2D eigenvalue weighted by Crippen LogP contribution is -2.39. The molecule has 1 unspecified atom stereocenters. The van der Waals surface area contributed by atoms with Gasteiger partial charge in [-0.3, -0.25) is 9.89 Å². The number of amides is 1. The molecule has 6 nitrogen and oxygen atoms in total. The Morgan fingerprint density at radius 1 is 1.39 bits per heavy atom. The first-order chi connectivity index (χ1) is 11.0. The van der Waals surface area contributed by atoms with Crippen LogP contribution in [0, 0.1) is 5.92 Å². The number of nitrogens with one attached hydrogen (secondary N) is 1. The molecule has 1 fully saturated rings. The van der Waals surface area contributed by atoms with Crippen molar-refractivity contribution < 1.29 is 13.2 Å². The van der Waals surface area contributed by atoms with Gasteiger partial charge in [0, 0.05) is 42.4 Å². The molecule has 3 heterocycles. The second-order valence-corrected chi connectivity index (χ2v) is 8.37. The van der Waals surface area contributed by atoms with E-state index in [1.807, 2.05) is 11.1 Å². The van der Waals surface area contributed by atoms with E-state index in [9.17, 15) is 13.2 Å². The predicted molar refractivity (Wildman–Crippen MR) is 87.6 cm³/mol. The number of allylic oxidation sites excluding steroid dienone is 1. The quantitative estimate of drug-likeness (QED) is 0.905. The first-order valence-electron chi connectivity index (χ1n) is 8.19. The summed E-state index contributed by atoms with van der Waals surface area (Å²) < 4.78 is 22.8. The van der Waals surface area contributed by atoms with Crippen LogP contribution >= 0.6 is 0 Å². The topological polar surface area (TPSA) is 83.1 Å². The van der Waals surface area contributed by atoms with Crippen LogP contribution in [0.1, 0.15) is 43.4 Å². The van der Waals surface area contributed by atoms with Crippen molar-refractivity contribution in [2.24, 2.45) is 5.92 Å². The Morgan fingerprint density at radius 3 is 2.74 bits per heavy atom. The van der Waals surface area contributed by atoms with Crippen LogP contribution in [0.2, 0.25) is 0 Å². The van der Waals surface area contributed by atoms with E-state index >= 15 is 0 Å². The number of hydrogen-bond acceptors (Lipinski definition) is 4. The smallest absolute Gasteiger partial charge is 0.223 e. The van der Waals surface area contributed by atoms with Crippen molar-refractivity contribution in [3.63, 3.8) is 0 Å². The fourth-order valence-electron chi connectivity index (χ4n) is 3.49. The Labute approximate surface area is 136 Å². The van der Waals surface area contributed by atoms with Gasteiger partial charge in [-0.25, -0.2) is 8.42 Å². The summed E-state index contributed by atoms with van der Waals surface area (Å²) >= 11 is 0. The van der Waals surface area contributed by atoms with Crippen molar-refractivity contribution in [1.82, 2.24) is 15.1 Å². The Morgan fingerprint density at radius 2 is 2.13 bits per heavy atom. The minimum Gasteiger partial charge on any atom is -0.343 e. The molecule has 7 heteroatoms. The molecule has 2 aliphatic rings. The van der Waals surface area contributed by atoms with Crippen LogP contribution < -0.4 is 0 Å². The second kappa shape index (κ2) is 6.47. The maximum Gasteiger partial charge on any atom is 0.223 e. The van der Waals surface area contributed by atoms with Gasteiger partial charge in [0.15, 0.2) is 9.84 Å². The molecule has 1 amide bonds. The molecule has 1 saturated heterocycles. The highest BCUT2D eigenvalue weighted by atomic mass is 32.2. The zero-order valence-electron chi connectivity index (χ0n) is 13.4. The van der Waals surface area contributed by atoms with E-state index in [0.717, 1.165) is 32.4 Å². The van der Waals surface area contributed by atoms with Gasteiger partial charge in [0.1, 0.15) is 0 Å². The van der Waals surface area contributed by atoms with Crippen LogP contribution in [-0.4, -0.2) is 48.3 Å². The number of likely N-dealkylation sites (tertiary alicyclic amines) is 1. The van der Waals surface area contributed by atoms with Crippen molar-refractivity contribution in [2.45, 2.75) is 38.5 Å². The number of piperidine rings is 1. The molecule has 1 N–H and O–H groups in total. The zero-order chi connectivity index (χ0) is 16.4. The van der Waals surface area contributed by atoms with Gasteiger partial charge < -0.3 is 4.90 Å². The summed E-state index contributed by atoms with van der Waals surface area (Å²) in [7, 11) is -3.08. The molecule has 0 bridgehead atoms. The van der Waals surface area contributed by atoms with Gasteiger partial charge in [0.05, 0.1) is 11.9 Å². The van der Waals surface area contributed by atoms with Crippen LogP contribution in [0.5, 0.6) is 0 Å². The summed E-state index contributed by atoms with van der Waals surface area (Å²) in [5.41, 5.74) is 2.47. The summed E-state index contributed by atoms with van der Waals surface area (Å²) in [4.78, 5) is 14.2. The van der Waals surface area contributed by atoms with Crippen LogP contribution in [-0.2, 0) is 21.1 Å². The molecule has 23 heavy (non-hydrogen) atoms. The summed E-state index contributed by atoms with van der Waals surface area (Å²) in [6.45, 7) is 3.58. The highest BCUT2D eigenvalue weighted by molar-refractivity contribution is 7.94. The molecule has 1 aromatic rings. The van der Waals surface area contributed by atoms with Gasteiger partial charge in [-0.15, -0.1) is 0 Å². The predicted octanol–water partition coefficient (Wildman–Crippen LogP) is 1.63. The Balaban J connectivity index is 1.53. The van der Waals surface area contributed by atoms with E-state index in [-0.39, 0.29) is 17.6 Å². The monoisotopic (exact) mass is 337 g/mol. The molecule has 1 aromatic heterocycles. The van der Waals surface area contributed by atoms with E-state index in [2.05, 4.69) is 17.1 Å². The second-order valence-electron chi connectivity index (χ2n) is 6.44. The molecule has 0 saturated carbocycles. The van der Waals surface area contributed by atoms with Crippen LogP contribution in [0.3, 0.4) is 0 Å². The Bertz CT molecular complexity index is 700. The molecular formula is C16H23N3O3S. The molecule has 1 atom stereocenters. The lowest BCUT2D eigenvalue weighted by Gasteiger charge is -2.32. The fraction of sp³-hybridized carbons (Fsp3) is 0.625. The summed E-state index contributed by atoms with van der Waals surface area (Å²) in [6, 6.07) is 0. The van der Waals surface area contributed by atoms with Gasteiger partial charge in [0.2, 0.25) is 5.91 Å². The first kappa shape index (κ1) is 16.2. The number of rotatable bonds is 4. The SMILES string of the molecule is CCc1cn[nH]c1C1CCN(C(=O)CC2C=CS(=O)(=O)C2)CC1. The number of carbonyl (C=O) groups excluding carboxylic acids is 1. The highest BCUT2D eigenvalue weighted by Crippen LogP contribution is 2.30. The third-order valence-electron chi connectivity index (χ3n) is 4.83. The van der Waals surface area contributed by atoms with Gasteiger partial charge in [0.25, 0.3) is 0 Å². The fourth-order valence-corrected chi connectivity index (χ4v) is 4.89. The maximum atomic E-state index is 12.4. The van der Waals surface area contributed by atoms with Crippen molar-refractivity contribution >= 4 is 15.7 Å². The lowest BCUT2D eigenvalue weighted by atomic mass is 9.90. The van der Waals surface area contributed by atoms with Gasteiger partial charge in [-0.2, -0.15) is 5.10 Å². The standard InChI is InChI=1S/C16H23N3O3S/c1-2-13-10-17-18-16(13)14-3-6-19(7-4-14)15(20)9-12-5-8-23(21,22)11-12/h5,8,10,12,14H,2-4,6-7,9,11H2,1H3,(H,17,18). The molecule has 2 aliphatic heterocycles. The summed E-state index contributed by atoms with van der Waals surface area (Å²) in [6.07, 6.45) is 6.66. The highest BCUT2D eigenvalue weighted by Gasteiger charge is 2.29. The average molecular weight is 337 g/mol. The van der Waals surface area contributed by atoms with Crippen molar-refractivity contribution in [3.8, 4) is 0 Å². The number of aromatic amines is 1. The number of H-pyrrole nitrogens is 1. The van der Waals surface area contributed by atoms with Crippen molar-refractivity contribution in [1.29, 1.82) is 0 Å². The number of aryl methyl sites for hydroxylation is 1. The Hall–Kier alpha value is -1.63. The number of aromatic nitrogens is 2. The number of hydrogen-bond donors (Lipinski definition) is 1. The van der Waals surface area contributed by atoms with E-state index in [4.69, 9.17) is 0 Å². The third kappa shape index (κ3) is 3.65. The normalized spacial score (nSPS) is 24.2. The third-order valence-corrected chi connectivity index (χ3v) is 6.29. The van der Waals surface area contributed by atoms with E-state index < -0.39 is 9.84 Å². The molecule has 0 radical (unpaired) electrons. The van der Waals surface area contributed by atoms with Crippen LogP contribution in [0.25, 0.3) is 0 Å². The van der Waals surface area contributed by atoms with Crippen molar-refractivity contribution in [2.75, 3.05) is 18.8 Å². The van der Waals surface area contributed by atoms with Gasteiger partial charge >= 0.3 is 0 Å². The van der Waals surface area contributed by atoms with E-state index in [1.54, 1.807) is 6.08 Å². The number of sulfone groups is 1. The lowest BCUT2D eigenvalue weighted by molar-refractivity contribution is -0.132. The van der Waals surface area contributed by atoms with E-state index in [1.165, 1.54) is 16.7 Å². The zero-order valence-corrected chi connectivity index (χ0v) is 14.2. The van der Waals surface area contributed by atoms with Gasteiger partial charge in [-0.1, -0.05) is 13.0 Å². The maximum absolute atomic E-state index is 12.4. The molecule has 0 aliphatic carbocycles. The van der Waals surface area contributed by atoms with Crippen molar-refractivity contribution in [3.05, 3.63) is 28.9 Å². The Kier molecular flexibility index (Phi) is 4.57. The first-order valence-corrected chi connectivity index (χ1v) is 9.91. The number of carbonyl (C=O) groups is 1.